The molecule has 1 rings (SSSR count). The van der Waals surface area contributed by atoms with Crippen molar-refractivity contribution < 1.29 is 4.79 Å². The molecule has 0 spiro atoms. The molecule has 0 unspecified atom stereocenters. The second-order valence-electron chi connectivity index (χ2n) is 5.73. The van der Waals surface area contributed by atoms with Gasteiger partial charge in [-0.3, -0.25) is 9.48 Å². The van der Waals surface area contributed by atoms with Crippen molar-refractivity contribution in [2.24, 2.45) is 5.73 Å². The van der Waals surface area contributed by atoms with Crippen molar-refractivity contribution in [1.29, 1.82) is 0 Å². The van der Waals surface area contributed by atoms with Gasteiger partial charge in [-0.25, -0.2) is 0 Å². The van der Waals surface area contributed by atoms with Crippen LogP contribution in [-0.4, -0.2) is 45.8 Å². The molecule has 0 aliphatic rings. The van der Waals surface area contributed by atoms with Gasteiger partial charge in [0, 0.05) is 24.7 Å². The van der Waals surface area contributed by atoms with Gasteiger partial charge >= 0.3 is 0 Å². The summed E-state index contributed by atoms with van der Waals surface area (Å²) in [6.45, 7) is 11.8. The SMILES string of the molecule is CCN(CC)CCn1cc(NC(=O)CC(C)(C)N)cn1. The fraction of sp³-hybridized carbons (Fsp3) is 0.714. The van der Waals surface area contributed by atoms with Crippen LogP contribution in [-0.2, 0) is 11.3 Å². The maximum absolute atomic E-state index is 11.8. The third-order valence-electron chi connectivity index (χ3n) is 3.07. The van der Waals surface area contributed by atoms with Gasteiger partial charge in [-0.15, -0.1) is 0 Å². The minimum atomic E-state index is -0.497. The number of likely N-dealkylation sites (N-methyl/N-ethyl adjacent to an activating group) is 1. The number of nitrogens with one attached hydrogen (secondary N) is 1. The molecule has 0 bridgehead atoms. The second kappa shape index (κ2) is 7.40. The van der Waals surface area contributed by atoms with Gasteiger partial charge in [0.15, 0.2) is 0 Å². The van der Waals surface area contributed by atoms with Crippen molar-refractivity contribution in [3.63, 3.8) is 0 Å². The van der Waals surface area contributed by atoms with Gasteiger partial charge in [0.05, 0.1) is 18.4 Å². The van der Waals surface area contributed by atoms with E-state index in [9.17, 15) is 4.79 Å². The number of amides is 1. The van der Waals surface area contributed by atoms with Gasteiger partial charge in [-0.05, 0) is 26.9 Å². The average Bonchev–Trinajstić information content (AvgIpc) is 2.75. The topological polar surface area (TPSA) is 76.2 Å². The summed E-state index contributed by atoms with van der Waals surface area (Å²) >= 11 is 0. The largest absolute Gasteiger partial charge is 0.325 e. The number of hydrogen-bond acceptors (Lipinski definition) is 4. The average molecular weight is 281 g/mol. The van der Waals surface area contributed by atoms with Gasteiger partial charge in [0.2, 0.25) is 5.91 Å². The molecule has 0 fully saturated rings. The third kappa shape index (κ3) is 6.16. The highest BCUT2D eigenvalue weighted by molar-refractivity contribution is 5.91. The zero-order valence-electron chi connectivity index (χ0n) is 13.0. The van der Waals surface area contributed by atoms with E-state index in [1.54, 1.807) is 6.20 Å². The molecule has 0 radical (unpaired) electrons. The number of rotatable bonds is 8. The van der Waals surface area contributed by atoms with Gasteiger partial charge in [-0.2, -0.15) is 5.10 Å². The van der Waals surface area contributed by atoms with Crippen molar-refractivity contribution in [3.8, 4) is 0 Å². The predicted octanol–water partition coefficient (Wildman–Crippen LogP) is 1.29. The van der Waals surface area contributed by atoms with Crippen LogP contribution in [0.5, 0.6) is 0 Å². The first-order valence-electron chi connectivity index (χ1n) is 7.17. The fourth-order valence-electron chi connectivity index (χ4n) is 1.95. The van der Waals surface area contributed by atoms with Crippen LogP contribution in [0.15, 0.2) is 12.4 Å². The highest BCUT2D eigenvalue weighted by atomic mass is 16.1. The summed E-state index contributed by atoms with van der Waals surface area (Å²) in [4.78, 5) is 14.1. The molecule has 0 saturated carbocycles. The summed E-state index contributed by atoms with van der Waals surface area (Å²) in [6.07, 6.45) is 3.81. The summed E-state index contributed by atoms with van der Waals surface area (Å²) in [5.74, 6) is -0.0826. The maximum Gasteiger partial charge on any atom is 0.226 e. The zero-order valence-corrected chi connectivity index (χ0v) is 13.0. The lowest BCUT2D eigenvalue weighted by Crippen LogP contribution is -2.36. The summed E-state index contributed by atoms with van der Waals surface area (Å²) in [5.41, 5.74) is 6.04. The summed E-state index contributed by atoms with van der Waals surface area (Å²) in [6, 6.07) is 0. The van der Waals surface area contributed by atoms with Crippen molar-refractivity contribution in [2.75, 3.05) is 25.0 Å². The van der Waals surface area contributed by atoms with Gasteiger partial charge in [0.1, 0.15) is 0 Å². The minimum Gasteiger partial charge on any atom is -0.325 e. The quantitative estimate of drug-likeness (QED) is 0.753. The standard InChI is InChI=1S/C14H27N5O/c1-5-18(6-2)7-8-19-11-12(10-16-19)17-13(20)9-14(3,4)15/h10-11H,5-9,15H2,1-4H3,(H,17,20). The van der Waals surface area contributed by atoms with Crippen LogP contribution < -0.4 is 11.1 Å². The van der Waals surface area contributed by atoms with Crippen LogP contribution in [0, 0.1) is 0 Å². The summed E-state index contributed by atoms with van der Waals surface area (Å²) < 4.78 is 1.85. The molecular formula is C14H27N5O. The molecule has 0 saturated heterocycles. The van der Waals surface area contributed by atoms with E-state index < -0.39 is 5.54 Å². The Bertz CT molecular complexity index is 417. The summed E-state index contributed by atoms with van der Waals surface area (Å²) in [7, 11) is 0. The lowest BCUT2D eigenvalue weighted by atomic mass is 10.0. The van der Waals surface area contributed by atoms with E-state index in [-0.39, 0.29) is 12.3 Å². The lowest BCUT2D eigenvalue weighted by molar-refractivity contribution is -0.117. The molecule has 6 heteroatoms. The molecule has 0 aromatic carbocycles. The molecule has 1 heterocycles. The van der Waals surface area contributed by atoms with Crippen LogP contribution in [0.1, 0.15) is 34.1 Å². The normalized spacial score (nSPS) is 11.9. The maximum atomic E-state index is 11.8. The first kappa shape index (κ1) is 16.7. The Morgan fingerprint density at radius 3 is 2.65 bits per heavy atom. The number of anilines is 1. The lowest BCUT2D eigenvalue weighted by Gasteiger charge is -2.17. The Kier molecular flexibility index (Phi) is 6.16. The Morgan fingerprint density at radius 2 is 2.10 bits per heavy atom. The van der Waals surface area contributed by atoms with E-state index in [0.29, 0.717) is 0 Å². The van der Waals surface area contributed by atoms with Crippen LogP contribution >= 0.6 is 0 Å². The van der Waals surface area contributed by atoms with Crippen molar-refractivity contribution in [1.82, 2.24) is 14.7 Å². The monoisotopic (exact) mass is 281 g/mol. The van der Waals surface area contributed by atoms with Crippen LogP contribution in [0.2, 0.25) is 0 Å². The Morgan fingerprint density at radius 1 is 1.45 bits per heavy atom. The Hall–Kier alpha value is -1.40. The highest BCUT2D eigenvalue weighted by Gasteiger charge is 2.16. The number of nitrogens with zero attached hydrogens (tertiary/aromatic N) is 3. The molecule has 6 nitrogen and oxygen atoms in total. The number of aromatic nitrogens is 2. The molecule has 1 aromatic rings. The second-order valence-corrected chi connectivity index (χ2v) is 5.73. The van der Waals surface area contributed by atoms with E-state index >= 15 is 0 Å². The van der Waals surface area contributed by atoms with E-state index in [1.165, 1.54) is 0 Å². The van der Waals surface area contributed by atoms with Crippen molar-refractivity contribution >= 4 is 11.6 Å². The number of carbonyl (C=O) groups excluding carboxylic acids is 1. The number of hydrogen-bond donors (Lipinski definition) is 2. The molecule has 3 N–H and O–H groups in total. The third-order valence-corrected chi connectivity index (χ3v) is 3.07. The van der Waals surface area contributed by atoms with E-state index in [0.717, 1.165) is 31.9 Å². The van der Waals surface area contributed by atoms with Gasteiger partial charge in [0.25, 0.3) is 0 Å². The zero-order chi connectivity index (χ0) is 15.2. The van der Waals surface area contributed by atoms with Gasteiger partial charge < -0.3 is 16.0 Å². The predicted molar refractivity (Wildman–Crippen MR) is 81.5 cm³/mol. The summed E-state index contributed by atoms with van der Waals surface area (Å²) in [5, 5.41) is 7.07. The molecule has 114 valence electrons. The molecule has 1 amide bonds. The molecule has 20 heavy (non-hydrogen) atoms. The first-order chi connectivity index (χ1) is 9.34. The number of carbonyl (C=O) groups is 1. The Labute approximate surface area is 121 Å². The van der Waals surface area contributed by atoms with Crippen LogP contribution in [0.25, 0.3) is 0 Å². The van der Waals surface area contributed by atoms with Gasteiger partial charge in [-0.1, -0.05) is 13.8 Å². The molecule has 0 aliphatic heterocycles. The van der Waals surface area contributed by atoms with Crippen molar-refractivity contribution in [2.45, 2.75) is 46.2 Å². The Balaban J connectivity index is 2.45. The van der Waals surface area contributed by atoms with Crippen LogP contribution in [0.3, 0.4) is 0 Å². The highest BCUT2D eigenvalue weighted by Crippen LogP contribution is 2.09. The van der Waals surface area contributed by atoms with E-state index in [4.69, 9.17) is 5.73 Å². The molecule has 0 atom stereocenters. The van der Waals surface area contributed by atoms with Crippen molar-refractivity contribution in [3.05, 3.63) is 12.4 Å². The smallest absolute Gasteiger partial charge is 0.226 e. The van der Waals surface area contributed by atoms with E-state index in [2.05, 4.69) is 29.2 Å². The molecule has 0 aliphatic carbocycles. The number of nitrogens with two attached hydrogens (primary N) is 1. The molecule has 1 aromatic heterocycles. The minimum absolute atomic E-state index is 0.0826. The van der Waals surface area contributed by atoms with Crippen LogP contribution in [0.4, 0.5) is 5.69 Å². The fourth-order valence-corrected chi connectivity index (χ4v) is 1.95. The molecular weight excluding hydrogens is 254 g/mol. The van der Waals surface area contributed by atoms with E-state index in [1.807, 2.05) is 24.7 Å². The first-order valence-corrected chi connectivity index (χ1v) is 7.17.